The topological polar surface area (TPSA) is 90.3 Å². The molecule has 2 aromatic carbocycles. The summed E-state index contributed by atoms with van der Waals surface area (Å²) in [4.78, 5) is 30.1. The van der Waals surface area contributed by atoms with Crippen LogP contribution < -0.4 is 9.80 Å². The number of anilines is 2. The number of unbranched alkanes of at least 4 members (excludes halogenated alkanes) is 4. The molecule has 2 N–H and O–H groups in total. The van der Waals surface area contributed by atoms with Crippen molar-refractivity contribution in [1.29, 1.82) is 0 Å². The molecule has 1 unspecified atom stereocenters. The maximum Gasteiger partial charge on any atom is 0.307 e. The van der Waals surface area contributed by atoms with E-state index in [1.165, 1.54) is 6.92 Å². The first-order chi connectivity index (χ1) is 19.8. The molecule has 7 heteroatoms. The third kappa shape index (κ3) is 7.84. The fourth-order valence-electron chi connectivity index (χ4n) is 5.30. The van der Waals surface area contributed by atoms with Crippen LogP contribution in [0.15, 0.2) is 42.2 Å². The first kappa shape index (κ1) is 32.0. The zero-order valence-electron chi connectivity index (χ0n) is 25.5. The number of ether oxygens (including phenoxy) is 1. The molecule has 0 heterocycles. The van der Waals surface area contributed by atoms with E-state index in [-0.39, 0.29) is 28.6 Å². The number of esters is 1. The molecule has 0 spiro atoms. The Morgan fingerprint density at radius 1 is 0.756 bits per heavy atom. The normalized spacial score (nSPS) is 14.7. The van der Waals surface area contributed by atoms with Crippen molar-refractivity contribution in [1.82, 2.24) is 0 Å². The van der Waals surface area contributed by atoms with Crippen molar-refractivity contribution in [2.75, 3.05) is 36.0 Å². The molecule has 0 radical (unpaired) electrons. The molecular formula is C34H48N2O5. The van der Waals surface area contributed by atoms with Crippen LogP contribution in [0.4, 0.5) is 11.4 Å². The molecule has 3 rings (SSSR count). The van der Waals surface area contributed by atoms with E-state index < -0.39 is 11.9 Å². The van der Waals surface area contributed by atoms with Crippen LogP contribution in [0, 0.1) is 0 Å². The second-order valence-electron chi connectivity index (χ2n) is 11.0. The minimum absolute atomic E-state index is 0.00962. The predicted molar refractivity (Wildman–Crippen MR) is 167 cm³/mol. The summed E-state index contributed by atoms with van der Waals surface area (Å²) >= 11 is 0. The summed E-state index contributed by atoms with van der Waals surface area (Å²) < 4.78 is 5.55. The minimum Gasteiger partial charge on any atom is -0.508 e. The molecular weight excluding hydrogens is 516 g/mol. The molecule has 1 aliphatic carbocycles. The van der Waals surface area contributed by atoms with E-state index in [0.717, 1.165) is 88.9 Å². The first-order valence-electron chi connectivity index (χ1n) is 15.4. The van der Waals surface area contributed by atoms with Crippen LogP contribution in [-0.2, 0) is 14.3 Å². The highest BCUT2D eigenvalue weighted by molar-refractivity contribution is 6.33. The van der Waals surface area contributed by atoms with Crippen molar-refractivity contribution in [2.24, 2.45) is 0 Å². The third-order valence-electron chi connectivity index (χ3n) is 7.70. The molecule has 41 heavy (non-hydrogen) atoms. The van der Waals surface area contributed by atoms with E-state index in [1.807, 2.05) is 12.1 Å². The Balaban J connectivity index is 1.96. The molecule has 2 aromatic rings. The van der Waals surface area contributed by atoms with Crippen molar-refractivity contribution in [2.45, 2.75) is 91.9 Å². The quantitative estimate of drug-likeness (QED) is 0.192. The van der Waals surface area contributed by atoms with E-state index in [0.29, 0.717) is 11.1 Å². The Bertz CT molecular complexity index is 1210. The summed E-state index contributed by atoms with van der Waals surface area (Å²) in [7, 11) is 0. The number of phenolic OH excluding ortho intramolecular Hbond substituents is 2. The number of allylic oxidation sites excluding steroid dienone is 2. The molecule has 0 fully saturated rings. The highest BCUT2D eigenvalue weighted by atomic mass is 16.5. The molecule has 0 aliphatic heterocycles. The second-order valence-corrected chi connectivity index (χ2v) is 11.0. The largest absolute Gasteiger partial charge is 0.508 e. The molecule has 0 bridgehead atoms. The Labute approximate surface area is 245 Å². The molecule has 224 valence electrons. The lowest BCUT2D eigenvalue weighted by Crippen LogP contribution is -2.31. The number of hydrogen-bond acceptors (Lipinski definition) is 7. The van der Waals surface area contributed by atoms with Crippen molar-refractivity contribution >= 4 is 28.7 Å². The molecule has 1 atom stereocenters. The number of Topliss-reactive ketones (excluding diaryl/α,β-unsaturated/α-hetero) is 1. The number of hydrogen-bond donors (Lipinski definition) is 2. The average Bonchev–Trinajstić information content (AvgIpc) is 2.95. The van der Waals surface area contributed by atoms with Crippen molar-refractivity contribution in [3.8, 4) is 11.5 Å². The molecule has 0 saturated carbocycles. The molecule has 7 nitrogen and oxygen atoms in total. The minimum atomic E-state index is -0.910. The summed E-state index contributed by atoms with van der Waals surface area (Å²) in [5, 5.41) is 22.1. The smallest absolute Gasteiger partial charge is 0.307 e. The average molecular weight is 565 g/mol. The molecule has 0 aromatic heterocycles. The van der Waals surface area contributed by atoms with E-state index in [4.69, 9.17) is 4.74 Å². The van der Waals surface area contributed by atoms with Gasteiger partial charge in [0.25, 0.3) is 0 Å². The lowest BCUT2D eigenvalue weighted by Gasteiger charge is -2.33. The Hall–Kier alpha value is -3.48. The zero-order valence-corrected chi connectivity index (χ0v) is 25.5. The summed E-state index contributed by atoms with van der Waals surface area (Å²) in [6.07, 6.45) is 8.49. The predicted octanol–water partition coefficient (Wildman–Crippen LogP) is 7.55. The van der Waals surface area contributed by atoms with Gasteiger partial charge in [0.05, 0.1) is 5.57 Å². The number of benzene rings is 2. The highest BCUT2D eigenvalue weighted by Gasteiger charge is 2.45. The van der Waals surface area contributed by atoms with Gasteiger partial charge in [0.15, 0.2) is 5.78 Å². The van der Waals surface area contributed by atoms with Gasteiger partial charge in [-0.15, -0.1) is 0 Å². The first-order valence-corrected chi connectivity index (χ1v) is 15.4. The summed E-state index contributed by atoms with van der Waals surface area (Å²) in [6, 6.07) is 10.7. The van der Waals surface area contributed by atoms with Gasteiger partial charge >= 0.3 is 5.97 Å². The lowest BCUT2D eigenvalue weighted by molar-refractivity contribution is -0.138. The van der Waals surface area contributed by atoms with Gasteiger partial charge in [-0.25, -0.2) is 0 Å². The number of nitrogens with zero attached hydrogens (tertiary/aromatic N) is 2. The van der Waals surface area contributed by atoms with Gasteiger partial charge in [-0.05, 0) is 43.9 Å². The number of phenols is 2. The van der Waals surface area contributed by atoms with E-state index in [2.05, 4.69) is 37.5 Å². The fraction of sp³-hybridized carbons (Fsp3) is 0.529. The van der Waals surface area contributed by atoms with Crippen molar-refractivity contribution < 1.29 is 24.5 Å². The summed E-state index contributed by atoms with van der Waals surface area (Å²) in [5.41, 5.74) is 2.71. The molecule has 0 saturated heterocycles. The number of aromatic hydroxyl groups is 2. The SMILES string of the molecule is CCCCN(CCCC)c1ccc(C2=C(OC(C)=O)C(c3ccc(N(CCCC)CCCC)cc3O)C2=O)c(O)c1. The van der Waals surface area contributed by atoms with Gasteiger partial charge in [-0.1, -0.05) is 59.4 Å². The van der Waals surface area contributed by atoms with Crippen LogP contribution in [0.25, 0.3) is 5.57 Å². The standard InChI is InChI=1S/C34H48N2O5/c1-6-10-18-35(19-11-7-2)25-14-16-27(29(38)22-25)31-33(40)32(34(31)41-24(5)37)28-17-15-26(23-30(28)39)36(20-12-8-3)21-13-9-4/h14-17,22-23,31,38-39H,6-13,18-21H2,1-5H3. The Morgan fingerprint density at radius 3 is 1.63 bits per heavy atom. The number of carbonyl (C=O) groups excluding carboxylic acids is 2. The van der Waals surface area contributed by atoms with E-state index in [1.54, 1.807) is 24.3 Å². The van der Waals surface area contributed by atoms with E-state index >= 15 is 0 Å². The maximum atomic E-state index is 13.6. The van der Waals surface area contributed by atoms with Crippen LogP contribution in [0.5, 0.6) is 11.5 Å². The number of carbonyl (C=O) groups is 2. The van der Waals surface area contributed by atoms with Crippen molar-refractivity contribution in [3.05, 3.63) is 53.3 Å². The summed E-state index contributed by atoms with van der Waals surface area (Å²) in [5.74, 6) is -1.64. The van der Waals surface area contributed by atoms with Gasteiger partial charge < -0.3 is 24.7 Å². The molecule has 1 aliphatic rings. The number of ketones is 1. The van der Waals surface area contributed by atoms with Gasteiger partial charge in [-0.3, -0.25) is 9.59 Å². The van der Waals surface area contributed by atoms with Crippen LogP contribution >= 0.6 is 0 Å². The molecule has 0 amide bonds. The third-order valence-corrected chi connectivity index (χ3v) is 7.70. The zero-order chi connectivity index (χ0) is 29.9. The van der Waals surface area contributed by atoms with E-state index in [9.17, 15) is 19.8 Å². The van der Waals surface area contributed by atoms with Gasteiger partial charge in [0.2, 0.25) is 0 Å². The lowest BCUT2D eigenvalue weighted by atomic mass is 9.74. The fourth-order valence-corrected chi connectivity index (χ4v) is 5.30. The van der Waals surface area contributed by atoms with Gasteiger partial charge in [-0.2, -0.15) is 0 Å². The van der Waals surface area contributed by atoms with Gasteiger partial charge in [0, 0.05) is 67.7 Å². The van der Waals surface area contributed by atoms with Crippen LogP contribution in [0.2, 0.25) is 0 Å². The van der Waals surface area contributed by atoms with Crippen LogP contribution in [0.3, 0.4) is 0 Å². The second kappa shape index (κ2) is 15.5. The highest BCUT2D eigenvalue weighted by Crippen LogP contribution is 2.50. The van der Waals surface area contributed by atoms with Crippen LogP contribution in [0.1, 0.15) is 103 Å². The maximum absolute atomic E-state index is 13.6. The van der Waals surface area contributed by atoms with Gasteiger partial charge in [0.1, 0.15) is 23.2 Å². The Morgan fingerprint density at radius 2 is 1.22 bits per heavy atom. The van der Waals surface area contributed by atoms with Crippen LogP contribution in [-0.4, -0.2) is 48.1 Å². The summed E-state index contributed by atoms with van der Waals surface area (Å²) in [6.45, 7) is 13.5. The Kier molecular flexibility index (Phi) is 12.1. The monoisotopic (exact) mass is 564 g/mol. The number of rotatable bonds is 17. The van der Waals surface area contributed by atoms with Crippen molar-refractivity contribution in [3.63, 3.8) is 0 Å².